The quantitative estimate of drug-likeness (QED) is 0.640. The molecule has 1 aromatic heterocycles. The molecule has 0 saturated carbocycles. The van der Waals surface area contributed by atoms with Crippen molar-refractivity contribution in [1.82, 2.24) is 20.2 Å². The van der Waals surface area contributed by atoms with E-state index in [1.165, 1.54) is 0 Å². The molecule has 1 N–H and O–H groups in total. The fourth-order valence-electron chi connectivity index (χ4n) is 2.98. The molecule has 1 aliphatic rings. The third kappa shape index (κ3) is 4.56. The van der Waals surface area contributed by atoms with E-state index >= 15 is 0 Å². The fourth-order valence-corrected chi connectivity index (χ4v) is 3.56. The van der Waals surface area contributed by atoms with Gasteiger partial charge in [0, 0.05) is 62.2 Å². The predicted octanol–water partition coefficient (Wildman–Crippen LogP) is 2.72. The van der Waals surface area contributed by atoms with Crippen LogP contribution in [0.25, 0.3) is 0 Å². The smallest absolute Gasteiger partial charge is 0.225 e. The third-order valence-corrected chi connectivity index (χ3v) is 5.05. The zero-order valence-electron chi connectivity index (χ0n) is 14.7. The van der Waals surface area contributed by atoms with Crippen molar-refractivity contribution in [3.63, 3.8) is 0 Å². The molecule has 26 heavy (non-hydrogen) atoms. The molecule has 1 saturated heterocycles. The monoisotopic (exact) mass is 392 g/mol. The van der Waals surface area contributed by atoms with Gasteiger partial charge in [0.15, 0.2) is 5.96 Å². The summed E-state index contributed by atoms with van der Waals surface area (Å²) in [5.41, 5.74) is 0.963. The van der Waals surface area contributed by atoms with E-state index < -0.39 is 0 Å². The van der Waals surface area contributed by atoms with Crippen molar-refractivity contribution in [3.8, 4) is 0 Å². The Kier molecular flexibility index (Phi) is 6.52. The van der Waals surface area contributed by atoms with Crippen LogP contribution < -0.4 is 10.2 Å². The highest BCUT2D eigenvalue weighted by Gasteiger charge is 2.21. The van der Waals surface area contributed by atoms with Crippen LogP contribution in [0.5, 0.6) is 0 Å². The summed E-state index contributed by atoms with van der Waals surface area (Å²) < 4.78 is 0. The number of hydrogen-bond donors (Lipinski definition) is 1. The zero-order valence-corrected chi connectivity index (χ0v) is 16.2. The number of hydrogen-bond acceptors (Lipinski definition) is 4. The van der Waals surface area contributed by atoms with Crippen LogP contribution >= 0.6 is 23.2 Å². The van der Waals surface area contributed by atoms with Crippen molar-refractivity contribution in [2.45, 2.75) is 6.42 Å². The van der Waals surface area contributed by atoms with Gasteiger partial charge in [0.05, 0.1) is 0 Å². The van der Waals surface area contributed by atoms with Crippen LogP contribution in [0.15, 0.2) is 41.7 Å². The Morgan fingerprint density at radius 3 is 2.35 bits per heavy atom. The molecule has 8 heteroatoms. The number of nitrogens with one attached hydrogen (secondary N) is 1. The van der Waals surface area contributed by atoms with Crippen LogP contribution in [-0.4, -0.2) is 60.6 Å². The van der Waals surface area contributed by atoms with Gasteiger partial charge in [-0.2, -0.15) is 0 Å². The first-order valence-electron chi connectivity index (χ1n) is 8.59. The molecule has 0 amide bonds. The second kappa shape index (κ2) is 9.05. The summed E-state index contributed by atoms with van der Waals surface area (Å²) in [7, 11) is 1.80. The van der Waals surface area contributed by atoms with Crippen molar-refractivity contribution in [1.29, 1.82) is 0 Å². The van der Waals surface area contributed by atoms with Crippen LogP contribution in [0.1, 0.15) is 5.56 Å². The summed E-state index contributed by atoms with van der Waals surface area (Å²) in [6.07, 6.45) is 4.29. The molecule has 0 aliphatic carbocycles. The Balaban J connectivity index is 1.51. The van der Waals surface area contributed by atoms with E-state index in [4.69, 9.17) is 23.2 Å². The molecule has 0 bridgehead atoms. The van der Waals surface area contributed by atoms with E-state index in [0.717, 1.165) is 56.6 Å². The Morgan fingerprint density at radius 1 is 1.08 bits per heavy atom. The van der Waals surface area contributed by atoms with Gasteiger partial charge >= 0.3 is 0 Å². The van der Waals surface area contributed by atoms with Gasteiger partial charge < -0.3 is 15.1 Å². The van der Waals surface area contributed by atoms with Crippen molar-refractivity contribution in [2.24, 2.45) is 4.99 Å². The Labute approximate surface area is 163 Å². The van der Waals surface area contributed by atoms with Crippen LogP contribution in [0.4, 0.5) is 5.95 Å². The number of halogens is 2. The Hall–Kier alpha value is -2.05. The van der Waals surface area contributed by atoms with Crippen molar-refractivity contribution in [3.05, 3.63) is 52.3 Å². The maximum absolute atomic E-state index is 6.23. The largest absolute Gasteiger partial charge is 0.356 e. The van der Waals surface area contributed by atoms with E-state index in [2.05, 4.69) is 30.1 Å². The summed E-state index contributed by atoms with van der Waals surface area (Å²) in [5.74, 6) is 1.67. The number of aromatic nitrogens is 2. The van der Waals surface area contributed by atoms with Crippen LogP contribution in [-0.2, 0) is 6.42 Å². The number of benzene rings is 1. The number of aliphatic imine (C=N–C) groups is 1. The average molecular weight is 393 g/mol. The molecule has 1 aliphatic heterocycles. The molecule has 1 fully saturated rings. The number of guanidine groups is 1. The van der Waals surface area contributed by atoms with Crippen LogP contribution in [0.2, 0.25) is 10.0 Å². The molecule has 3 rings (SSSR count). The first-order chi connectivity index (χ1) is 12.7. The van der Waals surface area contributed by atoms with E-state index in [1.807, 2.05) is 24.3 Å². The summed E-state index contributed by atoms with van der Waals surface area (Å²) in [4.78, 5) is 17.5. The summed E-state index contributed by atoms with van der Waals surface area (Å²) in [6, 6.07) is 7.41. The number of anilines is 1. The highest BCUT2D eigenvalue weighted by Crippen LogP contribution is 2.24. The maximum atomic E-state index is 6.23. The maximum Gasteiger partial charge on any atom is 0.225 e. The fraction of sp³-hybridized carbons (Fsp3) is 0.389. The predicted molar refractivity (Wildman–Crippen MR) is 107 cm³/mol. The minimum Gasteiger partial charge on any atom is -0.356 e. The third-order valence-electron chi connectivity index (χ3n) is 4.35. The van der Waals surface area contributed by atoms with Crippen LogP contribution in [0.3, 0.4) is 0 Å². The van der Waals surface area contributed by atoms with Crippen molar-refractivity contribution >= 4 is 35.1 Å². The van der Waals surface area contributed by atoms with E-state index in [1.54, 1.807) is 19.4 Å². The van der Waals surface area contributed by atoms with Gasteiger partial charge in [-0.1, -0.05) is 29.3 Å². The minimum absolute atomic E-state index is 0.700. The lowest BCUT2D eigenvalue weighted by Crippen LogP contribution is -2.53. The first-order valence-corrected chi connectivity index (χ1v) is 9.35. The molecule has 0 unspecified atom stereocenters. The van der Waals surface area contributed by atoms with Gasteiger partial charge in [-0.3, -0.25) is 4.99 Å². The minimum atomic E-state index is 0.700. The SMILES string of the molecule is CN=C(NCCc1c(Cl)cccc1Cl)N1CCN(c2ncccn2)CC1. The Bertz CT molecular complexity index is 724. The highest BCUT2D eigenvalue weighted by molar-refractivity contribution is 6.36. The van der Waals surface area contributed by atoms with Crippen LogP contribution in [0, 0.1) is 0 Å². The van der Waals surface area contributed by atoms with E-state index in [9.17, 15) is 0 Å². The molecular weight excluding hydrogens is 371 g/mol. The summed E-state index contributed by atoms with van der Waals surface area (Å²) in [5, 5.41) is 4.81. The van der Waals surface area contributed by atoms with Gasteiger partial charge in [0.1, 0.15) is 0 Å². The normalized spacial score (nSPS) is 15.3. The first kappa shape index (κ1) is 18.7. The second-order valence-corrected chi connectivity index (χ2v) is 6.76. The van der Waals surface area contributed by atoms with Crippen molar-refractivity contribution < 1.29 is 0 Å². The molecule has 0 radical (unpaired) electrons. The topological polar surface area (TPSA) is 56.7 Å². The summed E-state index contributed by atoms with van der Waals surface area (Å²) >= 11 is 12.5. The lowest BCUT2D eigenvalue weighted by Gasteiger charge is -2.36. The summed E-state index contributed by atoms with van der Waals surface area (Å²) in [6.45, 7) is 4.18. The average Bonchev–Trinajstić information content (AvgIpc) is 2.68. The van der Waals surface area contributed by atoms with Crippen molar-refractivity contribution in [2.75, 3.05) is 44.7 Å². The lowest BCUT2D eigenvalue weighted by molar-refractivity contribution is 0.370. The Morgan fingerprint density at radius 2 is 1.73 bits per heavy atom. The number of nitrogens with zero attached hydrogens (tertiary/aromatic N) is 5. The number of rotatable bonds is 4. The standard InChI is InChI=1S/C18H22Cl2N6/c1-21-17(24-9-6-14-15(19)4-2-5-16(14)20)25-10-12-26(13-11-25)18-22-7-3-8-23-18/h2-5,7-8H,6,9-13H2,1H3,(H,21,24). The number of piperazine rings is 1. The second-order valence-electron chi connectivity index (χ2n) is 5.95. The van der Waals surface area contributed by atoms with E-state index in [-0.39, 0.29) is 0 Å². The van der Waals surface area contributed by atoms with Gasteiger partial charge in [-0.25, -0.2) is 9.97 Å². The highest BCUT2D eigenvalue weighted by atomic mass is 35.5. The molecule has 0 spiro atoms. The van der Waals surface area contributed by atoms with Gasteiger partial charge in [-0.05, 0) is 30.2 Å². The molecule has 0 atom stereocenters. The molecule has 2 heterocycles. The zero-order chi connectivity index (χ0) is 18.4. The molecule has 2 aromatic rings. The van der Waals surface area contributed by atoms with Gasteiger partial charge in [-0.15, -0.1) is 0 Å². The molecule has 1 aromatic carbocycles. The van der Waals surface area contributed by atoms with Gasteiger partial charge in [0.25, 0.3) is 0 Å². The lowest BCUT2D eigenvalue weighted by atomic mass is 10.1. The van der Waals surface area contributed by atoms with Gasteiger partial charge in [0.2, 0.25) is 5.95 Å². The molecule has 6 nitrogen and oxygen atoms in total. The molecule has 138 valence electrons. The van der Waals surface area contributed by atoms with E-state index in [0.29, 0.717) is 10.0 Å². The molecular formula is C18H22Cl2N6.